The molecule has 1 saturated heterocycles. The molecular formula is C21H17Cl2N3O2S. The van der Waals surface area contributed by atoms with E-state index in [0.29, 0.717) is 28.7 Å². The molecule has 1 aromatic heterocycles. The topological polar surface area (TPSA) is 62.3 Å². The Balaban J connectivity index is 1.53. The zero-order chi connectivity index (χ0) is 20.4. The molecule has 8 heteroatoms. The maximum atomic E-state index is 13.0. The Morgan fingerprint density at radius 3 is 2.66 bits per heavy atom. The number of amides is 2. The normalized spacial score (nSPS) is 17.4. The standard InChI is InChI=1S/C21H17Cl2N3O2S/c22-16-7-6-14(12-17(16)23)26-10-8-15(21(26)28)19(27)25-18(20-24-9-11-29-20)13-4-2-1-3-5-13/h1-7,9,11-12,15,18H,8,10H2,(H,25,27). The first-order valence-corrected chi connectivity index (χ1v) is 10.7. The minimum absolute atomic E-state index is 0.244. The van der Waals surface area contributed by atoms with Crippen LogP contribution in [-0.4, -0.2) is 23.3 Å². The highest BCUT2D eigenvalue weighted by atomic mass is 35.5. The summed E-state index contributed by atoms with van der Waals surface area (Å²) in [5, 5.41) is 6.45. The summed E-state index contributed by atoms with van der Waals surface area (Å²) in [6.45, 7) is 0.447. The lowest BCUT2D eigenvalue weighted by Crippen LogP contribution is -2.39. The summed E-state index contributed by atoms with van der Waals surface area (Å²) in [6.07, 6.45) is 2.14. The summed E-state index contributed by atoms with van der Waals surface area (Å²) in [5.74, 6) is -1.30. The molecule has 2 atom stereocenters. The molecule has 1 fully saturated rings. The van der Waals surface area contributed by atoms with Gasteiger partial charge in [-0.15, -0.1) is 11.3 Å². The van der Waals surface area contributed by atoms with E-state index in [-0.39, 0.29) is 11.8 Å². The number of aromatic nitrogens is 1. The van der Waals surface area contributed by atoms with Gasteiger partial charge in [0.25, 0.3) is 0 Å². The Labute approximate surface area is 182 Å². The van der Waals surface area contributed by atoms with Crippen molar-refractivity contribution >= 4 is 52.0 Å². The molecule has 0 saturated carbocycles. The van der Waals surface area contributed by atoms with Crippen molar-refractivity contribution in [1.29, 1.82) is 0 Å². The first-order valence-electron chi connectivity index (χ1n) is 9.05. The third kappa shape index (κ3) is 4.15. The van der Waals surface area contributed by atoms with Gasteiger partial charge in [0.2, 0.25) is 11.8 Å². The summed E-state index contributed by atoms with van der Waals surface area (Å²) in [5.41, 5.74) is 1.56. The molecule has 2 aromatic carbocycles. The van der Waals surface area contributed by atoms with Crippen molar-refractivity contribution in [2.24, 2.45) is 5.92 Å². The number of nitrogens with one attached hydrogen (secondary N) is 1. The summed E-state index contributed by atoms with van der Waals surface area (Å²) in [6, 6.07) is 14.2. The maximum Gasteiger partial charge on any atom is 0.239 e. The van der Waals surface area contributed by atoms with E-state index in [1.807, 2.05) is 35.7 Å². The van der Waals surface area contributed by atoms with E-state index in [1.165, 1.54) is 11.3 Å². The second-order valence-electron chi connectivity index (χ2n) is 6.65. The lowest BCUT2D eigenvalue weighted by molar-refractivity contribution is -0.132. The van der Waals surface area contributed by atoms with E-state index < -0.39 is 12.0 Å². The van der Waals surface area contributed by atoms with Crippen molar-refractivity contribution in [2.45, 2.75) is 12.5 Å². The van der Waals surface area contributed by atoms with Crippen LogP contribution in [0.25, 0.3) is 0 Å². The molecule has 5 nitrogen and oxygen atoms in total. The van der Waals surface area contributed by atoms with Gasteiger partial charge in [-0.3, -0.25) is 9.59 Å². The SMILES string of the molecule is O=C(NC(c1ccccc1)c1nccs1)C1CCN(c2ccc(Cl)c(Cl)c2)C1=O. The molecule has 2 unspecified atom stereocenters. The van der Waals surface area contributed by atoms with Crippen molar-refractivity contribution in [2.75, 3.05) is 11.4 Å². The number of carbonyl (C=O) groups excluding carboxylic acids is 2. The molecule has 148 valence electrons. The van der Waals surface area contributed by atoms with Gasteiger partial charge in [0, 0.05) is 23.8 Å². The molecule has 2 heterocycles. The van der Waals surface area contributed by atoms with E-state index in [0.717, 1.165) is 10.6 Å². The van der Waals surface area contributed by atoms with Crippen LogP contribution in [-0.2, 0) is 9.59 Å². The summed E-state index contributed by atoms with van der Waals surface area (Å²) in [4.78, 5) is 31.9. The predicted molar refractivity (Wildman–Crippen MR) is 115 cm³/mol. The molecule has 0 bridgehead atoms. The molecule has 2 amide bonds. The van der Waals surface area contributed by atoms with Gasteiger partial charge in [-0.05, 0) is 30.2 Å². The molecular weight excluding hydrogens is 429 g/mol. The quantitative estimate of drug-likeness (QED) is 0.578. The van der Waals surface area contributed by atoms with E-state index in [4.69, 9.17) is 23.2 Å². The highest BCUT2D eigenvalue weighted by molar-refractivity contribution is 7.09. The maximum absolute atomic E-state index is 13.0. The number of hydrogen-bond donors (Lipinski definition) is 1. The minimum atomic E-state index is -0.754. The van der Waals surface area contributed by atoms with Gasteiger partial charge in [0.05, 0.1) is 10.0 Å². The smallest absolute Gasteiger partial charge is 0.239 e. The number of rotatable bonds is 5. The van der Waals surface area contributed by atoms with E-state index in [2.05, 4.69) is 10.3 Å². The monoisotopic (exact) mass is 445 g/mol. The minimum Gasteiger partial charge on any atom is -0.342 e. The molecule has 3 aromatic rings. The Hall–Kier alpha value is -2.41. The highest BCUT2D eigenvalue weighted by Crippen LogP contribution is 2.32. The number of carbonyl (C=O) groups is 2. The van der Waals surface area contributed by atoms with Gasteiger partial charge in [-0.1, -0.05) is 53.5 Å². The predicted octanol–water partition coefficient (Wildman–Crippen LogP) is 4.71. The zero-order valence-corrected chi connectivity index (χ0v) is 17.5. The molecule has 1 aliphatic rings. The second-order valence-corrected chi connectivity index (χ2v) is 8.39. The fourth-order valence-corrected chi connectivity index (χ4v) is 4.39. The van der Waals surface area contributed by atoms with Gasteiger partial charge in [0.15, 0.2) is 0 Å². The summed E-state index contributed by atoms with van der Waals surface area (Å²) in [7, 11) is 0. The third-order valence-corrected chi connectivity index (χ3v) is 6.43. The van der Waals surface area contributed by atoms with Crippen LogP contribution in [0.1, 0.15) is 23.0 Å². The highest BCUT2D eigenvalue weighted by Gasteiger charge is 2.38. The Kier molecular flexibility index (Phi) is 5.85. The van der Waals surface area contributed by atoms with Gasteiger partial charge in [-0.2, -0.15) is 0 Å². The summed E-state index contributed by atoms with van der Waals surface area (Å²) >= 11 is 13.5. The first kappa shape index (κ1) is 19.9. The molecule has 4 rings (SSSR count). The number of anilines is 1. The molecule has 1 aliphatic heterocycles. The van der Waals surface area contributed by atoms with Crippen molar-refractivity contribution in [1.82, 2.24) is 10.3 Å². The van der Waals surface area contributed by atoms with Crippen LogP contribution in [0.2, 0.25) is 10.0 Å². The molecule has 0 spiro atoms. The van der Waals surface area contributed by atoms with Gasteiger partial charge in [0.1, 0.15) is 17.0 Å². The van der Waals surface area contributed by atoms with E-state index >= 15 is 0 Å². The number of nitrogens with zero attached hydrogens (tertiary/aromatic N) is 2. The number of hydrogen-bond acceptors (Lipinski definition) is 4. The van der Waals surface area contributed by atoms with Crippen LogP contribution in [0.5, 0.6) is 0 Å². The fourth-order valence-electron chi connectivity index (χ4n) is 3.39. The van der Waals surface area contributed by atoms with Crippen molar-refractivity contribution in [3.05, 3.63) is 80.7 Å². The lowest BCUT2D eigenvalue weighted by Gasteiger charge is -2.20. The Morgan fingerprint density at radius 2 is 1.97 bits per heavy atom. The Morgan fingerprint density at radius 1 is 1.17 bits per heavy atom. The van der Waals surface area contributed by atoms with E-state index in [9.17, 15) is 9.59 Å². The van der Waals surface area contributed by atoms with Gasteiger partial charge < -0.3 is 10.2 Å². The average Bonchev–Trinajstić information content (AvgIpc) is 3.39. The fraction of sp³-hybridized carbons (Fsp3) is 0.190. The average molecular weight is 446 g/mol. The van der Waals surface area contributed by atoms with Crippen molar-refractivity contribution < 1.29 is 9.59 Å². The van der Waals surface area contributed by atoms with Gasteiger partial charge >= 0.3 is 0 Å². The largest absolute Gasteiger partial charge is 0.342 e. The van der Waals surface area contributed by atoms with Crippen molar-refractivity contribution in [3.63, 3.8) is 0 Å². The van der Waals surface area contributed by atoms with Crippen LogP contribution in [0.3, 0.4) is 0 Å². The lowest BCUT2D eigenvalue weighted by atomic mass is 10.0. The molecule has 29 heavy (non-hydrogen) atoms. The Bertz CT molecular complexity index is 1030. The second kappa shape index (κ2) is 8.53. The van der Waals surface area contributed by atoms with Crippen LogP contribution < -0.4 is 10.2 Å². The number of benzene rings is 2. The summed E-state index contributed by atoms with van der Waals surface area (Å²) < 4.78 is 0. The molecule has 1 N–H and O–H groups in total. The van der Waals surface area contributed by atoms with E-state index in [1.54, 1.807) is 29.3 Å². The van der Waals surface area contributed by atoms with Crippen LogP contribution in [0.4, 0.5) is 5.69 Å². The molecule has 0 aliphatic carbocycles. The number of thiazole rings is 1. The third-order valence-electron chi connectivity index (χ3n) is 4.85. The van der Waals surface area contributed by atoms with Crippen LogP contribution in [0.15, 0.2) is 60.1 Å². The zero-order valence-electron chi connectivity index (χ0n) is 15.2. The van der Waals surface area contributed by atoms with Gasteiger partial charge in [-0.25, -0.2) is 4.98 Å². The van der Waals surface area contributed by atoms with Crippen molar-refractivity contribution in [3.8, 4) is 0 Å². The number of halogens is 2. The van der Waals surface area contributed by atoms with Crippen LogP contribution in [0, 0.1) is 5.92 Å². The first-order chi connectivity index (χ1) is 14.0. The molecule has 0 radical (unpaired) electrons. The van der Waals surface area contributed by atoms with Crippen LogP contribution >= 0.6 is 34.5 Å².